The van der Waals surface area contributed by atoms with Crippen molar-refractivity contribution in [2.45, 2.75) is 25.7 Å². The summed E-state index contributed by atoms with van der Waals surface area (Å²) in [7, 11) is 0. The molecule has 28 heavy (non-hydrogen) atoms. The number of carbonyl (C=O) groups is 4. The summed E-state index contributed by atoms with van der Waals surface area (Å²) in [6, 6.07) is 6.11. The number of rotatable bonds is 5. The Kier molecular flexibility index (Phi) is 5.48. The summed E-state index contributed by atoms with van der Waals surface area (Å²) in [6.07, 6.45) is 3.07. The largest absolute Gasteiger partial charge is 0.481 e. The average molecular weight is 385 g/mol. The van der Waals surface area contributed by atoms with Crippen LogP contribution < -0.4 is 10.2 Å². The van der Waals surface area contributed by atoms with E-state index in [1.54, 1.807) is 30.3 Å². The first-order chi connectivity index (χ1) is 13.4. The molecule has 8 heteroatoms. The van der Waals surface area contributed by atoms with E-state index >= 15 is 0 Å². The lowest BCUT2D eigenvalue weighted by atomic mass is 9.77. The SMILES string of the molecule is C=CC[C@@]1(C(=O)O)CCCN(C(=O)c2ccccc2N2CCC(=O)NC2=O)C1. The second kappa shape index (κ2) is 7.84. The molecule has 0 unspecified atom stereocenters. The summed E-state index contributed by atoms with van der Waals surface area (Å²) in [6.45, 7) is 4.38. The van der Waals surface area contributed by atoms with Gasteiger partial charge < -0.3 is 10.0 Å². The fraction of sp³-hybridized carbons (Fsp3) is 0.400. The Labute approximate surface area is 162 Å². The maximum Gasteiger partial charge on any atom is 0.328 e. The second-order valence-corrected chi connectivity index (χ2v) is 7.18. The minimum atomic E-state index is -1.04. The number of amides is 4. The van der Waals surface area contributed by atoms with E-state index in [1.807, 2.05) is 0 Å². The zero-order valence-corrected chi connectivity index (χ0v) is 15.5. The van der Waals surface area contributed by atoms with Gasteiger partial charge in [-0.25, -0.2) is 4.79 Å². The standard InChI is InChI=1S/C20H23N3O5/c1-2-9-20(18(26)27)10-5-11-22(13-20)17(25)14-6-3-4-7-15(14)23-12-8-16(24)21-19(23)28/h2-4,6-7H,1,5,8-13H2,(H,26,27)(H,21,24,28)/t20-/m1/s1. The van der Waals surface area contributed by atoms with Crippen molar-refractivity contribution in [1.82, 2.24) is 10.2 Å². The zero-order valence-electron chi connectivity index (χ0n) is 15.5. The highest BCUT2D eigenvalue weighted by Crippen LogP contribution is 2.35. The van der Waals surface area contributed by atoms with Gasteiger partial charge in [0.05, 0.1) is 16.7 Å². The summed E-state index contributed by atoms with van der Waals surface area (Å²) in [5.41, 5.74) is -0.320. The molecule has 1 aromatic carbocycles. The van der Waals surface area contributed by atoms with Gasteiger partial charge in [-0.05, 0) is 31.4 Å². The topological polar surface area (TPSA) is 107 Å². The Morgan fingerprint density at radius 1 is 1.25 bits per heavy atom. The van der Waals surface area contributed by atoms with Gasteiger partial charge in [0.2, 0.25) is 5.91 Å². The summed E-state index contributed by atoms with van der Waals surface area (Å²) in [5, 5.41) is 12.0. The molecule has 0 aliphatic carbocycles. The number of nitrogens with one attached hydrogen (secondary N) is 1. The number of anilines is 1. The van der Waals surface area contributed by atoms with Crippen molar-refractivity contribution >= 4 is 29.5 Å². The summed E-state index contributed by atoms with van der Waals surface area (Å²) in [5.74, 6) is -1.61. The molecule has 0 aromatic heterocycles. The minimum absolute atomic E-state index is 0.0895. The van der Waals surface area contributed by atoms with Crippen LogP contribution in [-0.4, -0.2) is 53.5 Å². The predicted molar refractivity (Wildman–Crippen MR) is 102 cm³/mol. The van der Waals surface area contributed by atoms with Crippen LogP contribution in [0, 0.1) is 5.41 Å². The van der Waals surface area contributed by atoms with Crippen LogP contribution in [-0.2, 0) is 9.59 Å². The van der Waals surface area contributed by atoms with E-state index in [4.69, 9.17) is 0 Å². The fourth-order valence-electron chi connectivity index (χ4n) is 3.86. The van der Waals surface area contributed by atoms with E-state index in [-0.39, 0.29) is 37.7 Å². The molecule has 2 N–H and O–H groups in total. The molecule has 1 atom stereocenters. The number of benzene rings is 1. The molecule has 0 saturated carbocycles. The maximum absolute atomic E-state index is 13.2. The van der Waals surface area contributed by atoms with Gasteiger partial charge in [0, 0.05) is 26.1 Å². The van der Waals surface area contributed by atoms with Crippen molar-refractivity contribution in [3.05, 3.63) is 42.5 Å². The third-order valence-electron chi connectivity index (χ3n) is 5.33. The van der Waals surface area contributed by atoms with E-state index in [9.17, 15) is 24.3 Å². The lowest BCUT2D eigenvalue weighted by Gasteiger charge is -2.40. The summed E-state index contributed by atoms with van der Waals surface area (Å²) < 4.78 is 0. The van der Waals surface area contributed by atoms with E-state index in [0.29, 0.717) is 30.6 Å². The highest BCUT2D eigenvalue weighted by molar-refractivity contribution is 6.09. The van der Waals surface area contributed by atoms with Crippen molar-refractivity contribution in [1.29, 1.82) is 0 Å². The number of allylic oxidation sites excluding steroid dienone is 1. The lowest BCUT2D eigenvalue weighted by Crippen LogP contribution is -2.51. The highest BCUT2D eigenvalue weighted by atomic mass is 16.4. The fourth-order valence-corrected chi connectivity index (χ4v) is 3.86. The number of aliphatic carboxylic acids is 1. The quantitative estimate of drug-likeness (QED) is 0.754. The molecule has 2 saturated heterocycles. The van der Waals surface area contributed by atoms with E-state index in [0.717, 1.165) is 0 Å². The molecule has 2 aliphatic heterocycles. The number of piperidine rings is 1. The summed E-state index contributed by atoms with van der Waals surface area (Å²) in [4.78, 5) is 51.6. The molecule has 0 bridgehead atoms. The summed E-state index contributed by atoms with van der Waals surface area (Å²) >= 11 is 0. The number of urea groups is 1. The number of hydrogen-bond donors (Lipinski definition) is 2. The van der Waals surface area contributed by atoms with Crippen molar-refractivity contribution in [3.8, 4) is 0 Å². The molecular weight excluding hydrogens is 362 g/mol. The van der Waals surface area contributed by atoms with Crippen molar-refractivity contribution < 1.29 is 24.3 Å². The average Bonchev–Trinajstić information content (AvgIpc) is 2.68. The van der Waals surface area contributed by atoms with E-state index in [2.05, 4.69) is 11.9 Å². The lowest BCUT2D eigenvalue weighted by molar-refractivity contribution is -0.151. The molecule has 4 amide bonds. The Morgan fingerprint density at radius 2 is 2.00 bits per heavy atom. The van der Waals surface area contributed by atoms with E-state index in [1.165, 1.54) is 9.80 Å². The predicted octanol–water partition coefficient (Wildman–Crippen LogP) is 2.02. The molecule has 8 nitrogen and oxygen atoms in total. The van der Waals surface area contributed by atoms with Crippen molar-refractivity contribution in [3.63, 3.8) is 0 Å². The molecule has 3 rings (SSSR count). The normalized spacial score (nSPS) is 22.6. The first-order valence-corrected chi connectivity index (χ1v) is 9.22. The third-order valence-corrected chi connectivity index (χ3v) is 5.33. The van der Waals surface area contributed by atoms with Crippen molar-refractivity contribution in [2.75, 3.05) is 24.5 Å². The van der Waals surface area contributed by atoms with Gasteiger partial charge in [-0.1, -0.05) is 18.2 Å². The zero-order chi connectivity index (χ0) is 20.3. The van der Waals surface area contributed by atoms with Crippen LogP contribution in [0.3, 0.4) is 0 Å². The van der Waals surface area contributed by atoms with Gasteiger partial charge in [0.1, 0.15) is 0 Å². The van der Waals surface area contributed by atoms with E-state index < -0.39 is 17.4 Å². The molecule has 148 valence electrons. The Balaban J connectivity index is 1.89. The van der Waals surface area contributed by atoms with Gasteiger partial charge in [-0.2, -0.15) is 0 Å². The van der Waals surface area contributed by atoms with Gasteiger partial charge in [0.15, 0.2) is 0 Å². The number of hydrogen-bond acceptors (Lipinski definition) is 4. The van der Waals surface area contributed by atoms with Crippen LogP contribution in [0.1, 0.15) is 36.0 Å². The smallest absolute Gasteiger partial charge is 0.328 e. The number of carbonyl (C=O) groups excluding carboxylic acids is 3. The molecule has 0 spiro atoms. The van der Waals surface area contributed by atoms with Crippen LogP contribution in [0.25, 0.3) is 0 Å². The number of imide groups is 1. The molecule has 0 radical (unpaired) electrons. The van der Waals surface area contributed by atoms with Gasteiger partial charge in [-0.15, -0.1) is 6.58 Å². The minimum Gasteiger partial charge on any atom is -0.481 e. The molecular formula is C20H23N3O5. The van der Waals surface area contributed by atoms with Gasteiger partial charge >= 0.3 is 12.0 Å². The molecule has 2 aliphatic rings. The number of para-hydroxylation sites is 1. The Hall–Kier alpha value is -3.16. The number of carboxylic acids is 1. The third kappa shape index (κ3) is 3.62. The van der Waals surface area contributed by atoms with Crippen LogP contribution in [0.4, 0.5) is 10.5 Å². The second-order valence-electron chi connectivity index (χ2n) is 7.18. The number of likely N-dealkylation sites (tertiary alicyclic amines) is 1. The molecule has 2 fully saturated rings. The van der Waals surface area contributed by atoms with Crippen LogP contribution in [0.15, 0.2) is 36.9 Å². The van der Waals surface area contributed by atoms with Crippen LogP contribution in [0.5, 0.6) is 0 Å². The van der Waals surface area contributed by atoms with Gasteiger partial charge in [-0.3, -0.25) is 24.6 Å². The maximum atomic E-state index is 13.2. The number of carboxylic acid groups (broad SMARTS) is 1. The number of nitrogens with zero attached hydrogens (tertiary/aromatic N) is 2. The molecule has 1 aromatic rings. The van der Waals surface area contributed by atoms with Crippen LogP contribution in [0.2, 0.25) is 0 Å². The Bertz CT molecular complexity index is 837. The van der Waals surface area contributed by atoms with Crippen molar-refractivity contribution in [2.24, 2.45) is 5.41 Å². The first-order valence-electron chi connectivity index (χ1n) is 9.22. The van der Waals surface area contributed by atoms with Gasteiger partial charge in [0.25, 0.3) is 5.91 Å². The highest BCUT2D eigenvalue weighted by Gasteiger charge is 2.43. The first kappa shape index (κ1) is 19.6. The molecule has 2 heterocycles. The monoisotopic (exact) mass is 385 g/mol. The Morgan fingerprint density at radius 3 is 2.68 bits per heavy atom. The van der Waals surface area contributed by atoms with Crippen LogP contribution >= 0.6 is 0 Å².